The molecule has 9 heteroatoms. The molecule has 2 aliphatic rings. The number of hydrogen-bond donors (Lipinski definition) is 2. The average molecular weight is 523 g/mol. The van der Waals surface area contributed by atoms with Crippen molar-refractivity contribution in [3.8, 4) is 0 Å². The standard InChI is InChI=1S/C29H35FN4O4/c1-19(35)23-6-3-7-25(16-23)31-29(38)32-27-12-14-33(20(2)36)18-26(27)28(37)34-13-4-5-22(17-34)15-21-8-10-24(30)11-9-21/h3,6-11,16,22,26-27H,4-5,12-15,17-18H2,1-2H3,(H2,31,32,38)/t22?,26?,27-/m1/s1. The number of nitrogens with one attached hydrogen (secondary N) is 2. The molecule has 0 radical (unpaired) electrons. The molecule has 0 bridgehead atoms. The first-order valence-electron chi connectivity index (χ1n) is 13.2. The van der Waals surface area contributed by atoms with E-state index in [0.717, 1.165) is 24.8 Å². The molecule has 8 nitrogen and oxygen atoms in total. The van der Waals surface area contributed by atoms with E-state index < -0.39 is 18.0 Å². The Bertz CT molecular complexity index is 1190. The summed E-state index contributed by atoms with van der Waals surface area (Å²) in [6, 6.07) is 12.3. The second-order valence-corrected chi connectivity index (χ2v) is 10.3. The first kappa shape index (κ1) is 27.3. The minimum Gasteiger partial charge on any atom is -0.342 e. The Kier molecular flexibility index (Phi) is 8.76. The number of carbonyl (C=O) groups excluding carboxylic acids is 4. The minimum atomic E-state index is -0.563. The molecule has 2 aromatic carbocycles. The van der Waals surface area contributed by atoms with Gasteiger partial charge in [0.05, 0.1) is 5.92 Å². The predicted octanol–water partition coefficient (Wildman–Crippen LogP) is 3.87. The summed E-state index contributed by atoms with van der Waals surface area (Å²) in [5.74, 6) is -0.838. The van der Waals surface area contributed by atoms with Crippen LogP contribution in [0.25, 0.3) is 0 Å². The SMILES string of the molecule is CC(=O)c1cccc(NC(=O)N[C@@H]2CCN(C(C)=O)CC2C(=O)N2CCCC(Cc3ccc(F)cc3)C2)c1. The lowest BCUT2D eigenvalue weighted by molar-refractivity contribution is -0.142. The molecule has 4 amide bonds. The lowest BCUT2D eigenvalue weighted by Gasteiger charge is -2.41. The average Bonchev–Trinajstić information content (AvgIpc) is 2.90. The fourth-order valence-electron chi connectivity index (χ4n) is 5.43. The first-order chi connectivity index (χ1) is 18.2. The van der Waals surface area contributed by atoms with E-state index >= 15 is 0 Å². The highest BCUT2D eigenvalue weighted by Gasteiger charge is 2.39. The maximum Gasteiger partial charge on any atom is 0.319 e. The topological polar surface area (TPSA) is 98.8 Å². The van der Waals surface area contributed by atoms with Gasteiger partial charge < -0.3 is 20.4 Å². The first-order valence-corrected chi connectivity index (χ1v) is 13.2. The van der Waals surface area contributed by atoms with Crippen molar-refractivity contribution < 1.29 is 23.6 Å². The molecule has 2 heterocycles. The summed E-state index contributed by atoms with van der Waals surface area (Å²) in [6.45, 7) is 4.87. The summed E-state index contributed by atoms with van der Waals surface area (Å²) >= 11 is 0. The van der Waals surface area contributed by atoms with E-state index in [4.69, 9.17) is 0 Å². The van der Waals surface area contributed by atoms with Crippen molar-refractivity contribution >= 4 is 29.3 Å². The Balaban J connectivity index is 1.43. The molecule has 2 aromatic rings. The number of likely N-dealkylation sites (tertiary alicyclic amines) is 2. The molecule has 38 heavy (non-hydrogen) atoms. The lowest BCUT2D eigenvalue weighted by Crippen LogP contribution is -2.58. The van der Waals surface area contributed by atoms with Crippen molar-refractivity contribution in [1.82, 2.24) is 15.1 Å². The molecule has 2 aliphatic heterocycles. The third-order valence-corrected chi connectivity index (χ3v) is 7.49. The molecule has 0 aromatic heterocycles. The monoisotopic (exact) mass is 522 g/mol. The molecular weight excluding hydrogens is 487 g/mol. The van der Waals surface area contributed by atoms with Crippen molar-refractivity contribution in [3.05, 3.63) is 65.5 Å². The molecular formula is C29H35FN4O4. The fraction of sp³-hybridized carbons (Fsp3) is 0.448. The second-order valence-electron chi connectivity index (χ2n) is 10.3. The number of ketones is 1. The number of anilines is 1. The number of piperidine rings is 2. The van der Waals surface area contributed by atoms with E-state index in [0.29, 0.717) is 37.3 Å². The van der Waals surface area contributed by atoms with E-state index in [1.165, 1.54) is 26.0 Å². The Hall–Kier alpha value is -3.75. The number of carbonyl (C=O) groups is 4. The Morgan fingerprint density at radius 2 is 1.71 bits per heavy atom. The zero-order valence-electron chi connectivity index (χ0n) is 21.9. The normalized spacial score (nSPS) is 21.5. The van der Waals surface area contributed by atoms with E-state index in [2.05, 4.69) is 10.6 Å². The maximum atomic E-state index is 13.8. The summed E-state index contributed by atoms with van der Waals surface area (Å²) in [5, 5.41) is 5.71. The van der Waals surface area contributed by atoms with Gasteiger partial charge in [-0.25, -0.2) is 9.18 Å². The van der Waals surface area contributed by atoms with Crippen LogP contribution < -0.4 is 10.6 Å². The molecule has 0 aliphatic carbocycles. The van der Waals surface area contributed by atoms with Gasteiger partial charge in [-0.3, -0.25) is 14.4 Å². The van der Waals surface area contributed by atoms with Crippen LogP contribution in [-0.4, -0.2) is 65.6 Å². The summed E-state index contributed by atoms with van der Waals surface area (Å²) in [6.07, 6.45) is 3.07. The second kappa shape index (κ2) is 12.2. The highest BCUT2D eigenvalue weighted by molar-refractivity contribution is 5.97. The van der Waals surface area contributed by atoms with Gasteiger partial charge in [0.25, 0.3) is 0 Å². The van der Waals surface area contributed by atoms with Gasteiger partial charge in [0.15, 0.2) is 5.78 Å². The predicted molar refractivity (Wildman–Crippen MR) is 142 cm³/mol. The van der Waals surface area contributed by atoms with Crippen LogP contribution >= 0.6 is 0 Å². The van der Waals surface area contributed by atoms with Gasteiger partial charge in [-0.1, -0.05) is 24.3 Å². The van der Waals surface area contributed by atoms with E-state index in [-0.39, 0.29) is 35.9 Å². The van der Waals surface area contributed by atoms with Gasteiger partial charge in [-0.05, 0) is 68.4 Å². The van der Waals surface area contributed by atoms with Crippen LogP contribution in [0.5, 0.6) is 0 Å². The Morgan fingerprint density at radius 3 is 2.42 bits per heavy atom. The highest BCUT2D eigenvalue weighted by Crippen LogP contribution is 2.26. The van der Waals surface area contributed by atoms with E-state index in [1.54, 1.807) is 41.3 Å². The molecule has 2 N–H and O–H groups in total. The molecule has 2 unspecified atom stereocenters. The van der Waals surface area contributed by atoms with Crippen molar-refractivity contribution in [2.24, 2.45) is 11.8 Å². The molecule has 202 valence electrons. The number of rotatable bonds is 6. The van der Waals surface area contributed by atoms with Gasteiger partial charge in [-0.2, -0.15) is 0 Å². The zero-order chi connectivity index (χ0) is 27.2. The Labute approximate surface area is 222 Å². The van der Waals surface area contributed by atoms with Crippen LogP contribution in [0, 0.1) is 17.7 Å². The van der Waals surface area contributed by atoms with Crippen molar-refractivity contribution in [3.63, 3.8) is 0 Å². The highest BCUT2D eigenvalue weighted by atomic mass is 19.1. The molecule has 3 atom stereocenters. The van der Waals surface area contributed by atoms with Gasteiger partial charge in [-0.15, -0.1) is 0 Å². The smallest absolute Gasteiger partial charge is 0.319 e. The number of Topliss-reactive ketones (excluding diaryl/α,β-unsaturated/α-hetero) is 1. The van der Waals surface area contributed by atoms with Gasteiger partial charge in [0, 0.05) is 50.4 Å². The van der Waals surface area contributed by atoms with E-state index in [1.807, 2.05) is 4.90 Å². The van der Waals surface area contributed by atoms with Gasteiger partial charge >= 0.3 is 6.03 Å². The molecule has 0 saturated carbocycles. The van der Waals surface area contributed by atoms with Crippen LogP contribution in [0.3, 0.4) is 0 Å². The quantitative estimate of drug-likeness (QED) is 0.563. The number of halogens is 1. The maximum absolute atomic E-state index is 13.8. The van der Waals surface area contributed by atoms with Crippen LogP contribution in [0.2, 0.25) is 0 Å². The number of nitrogens with zero attached hydrogens (tertiary/aromatic N) is 2. The number of urea groups is 1. The molecule has 4 rings (SSSR count). The van der Waals surface area contributed by atoms with Crippen molar-refractivity contribution in [2.45, 2.75) is 45.6 Å². The third-order valence-electron chi connectivity index (χ3n) is 7.49. The number of hydrogen-bond acceptors (Lipinski definition) is 4. The van der Waals surface area contributed by atoms with Crippen LogP contribution in [0.1, 0.15) is 49.0 Å². The molecule has 0 spiro atoms. The lowest BCUT2D eigenvalue weighted by atomic mass is 9.87. The van der Waals surface area contributed by atoms with Crippen molar-refractivity contribution in [2.75, 3.05) is 31.5 Å². The van der Waals surface area contributed by atoms with Crippen LogP contribution in [0.4, 0.5) is 14.9 Å². The minimum absolute atomic E-state index is 0.0661. The summed E-state index contributed by atoms with van der Waals surface area (Å²) in [7, 11) is 0. The number of amides is 4. The zero-order valence-corrected chi connectivity index (χ0v) is 21.9. The van der Waals surface area contributed by atoms with Gasteiger partial charge in [0.1, 0.15) is 5.82 Å². The van der Waals surface area contributed by atoms with Crippen LogP contribution in [-0.2, 0) is 16.0 Å². The van der Waals surface area contributed by atoms with E-state index in [9.17, 15) is 23.6 Å². The molecule has 2 saturated heterocycles. The summed E-state index contributed by atoms with van der Waals surface area (Å²) < 4.78 is 13.3. The van der Waals surface area contributed by atoms with Crippen LogP contribution in [0.15, 0.2) is 48.5 Å². The largest absolute Gasteiger partial charge is 0.342 e. The third kappa shape index (κ3) is 6.96. The number of benzene rings is 2. The molecule has 2 fully saturated rings. The van der Waals surface area contributed by atoms with Crippen molar-refractivity contribution in [1.29, 1.82) is 0 Å². The fourth-order valence-corrected chi connectivity index (χ4v) is 5.43. The van der Waals surface area contributed by atoms with Gasteiger partial charge in [0.2, 0.25) is 11.8 Å². The summed E-state index contributed by atoms with van der Waals surface area (Å²) in [4.78, 5) is 53.9. The Morgan fingerprint density at radius 1 is 0.947 bits per heavy atom. The summed E-state index contributed by atoms with van der Waals surface area (Å²) in [5.41, 5.74) is 2.01.